The maximum absolute atomic E-state index is 10.5. The smallest absolute Gasteiger partial charge is 0.219 e. The highest BCUT2D eigenvalue weighted by Crippen LogP contribution is 2.01. The lowest BCUT2D eigenvalue weighted by atomic mass is 10.2. The van der Waals surface area contributed by atoms with Crippen molar-refractivity contribution in [3.05, 3.63) is 11.9 Å². The second kappa shape index (κ2) is 30.0. The number of rotatable bonds is 31. The number of ether oxygens (including phenoxy) is 8. The van der Waals surface area contributed by atoms with E-state index in [9.17, 15) is 4.79 Å². The highest BCUT2D eigenvalue weighted by Gasteiger charge is 1.98. The van der Waals surface area contributed by atoms with Gasteiger partial charge in [-0.3, -0.25) is 4.79 Å². The number of unbranched alkanes of at least 4 members (excludes halogenated alkanes) is 1. The van der Waals surface area contributed by atoms with Crippen molar-refractivity contribution >= 4 is 5.91 Å². The maximum Gasteiger partial charge on any atom is 0.219 e. The molecule has 0 spiro atoms. The van der Waals surface area contributed by atoms with Gasteiger partial charge >= 0.3 is 0 Å². The van der Waals surface area contributed by atoms with Crippen molar-refractivity contribution in [3.63, 3.8) is 0 Å². The average molecular weight is 553 g/mol. The number of carbonyl (C=O) groups excluding carboxylic acids is 1. The number of hydrogen-bond donors (Lipinski definition) is 3. The number of hydrogen-bond acceptors (Lipinski definition) is 12. The SMILES string of the molecule is CCCC/C(N)=C/N(N)CCOCCOCCOCCOCCOCCOCCOCCOCCC(N)=O. The number of primary amides is 1. The summed E-state index contributed by atoms with van der Waals surface area (Å²) in [5.74, 6) is 5.49. The molecular weight excluding hydrogens is 500 g/mol. The Morgan fingerprint density at radius 3 is 1.26 bits per heavy atom. The van der Waals surface area contributed by atoms with Gasteiger partial charge in [0.25, 0.3) is 0 Å². The van der Waals surface area contributed by atoms with Crippen LogP contribution in [0.25, 0.3) is 0 Å². The molecule has 0 saturated carbocycles. The lowest BCUT2D eigenvalue weighted by Gasteiger charge is -2.15. The highest BCUT2D eigenvalue weighted by atomic mass is 16.6. The molecule has 0 fully saturated rings. The number of nitrogens with two attached hydrogens (primary N) is 3. The molecule has 38 heavy (non-hydrogen) atoms. The minimum atomic E-state index is -0.373. The van der Waals surface area contributed by atoms with E-state index in [1.54, 1.807) is 11.2 Å². The van der Waals surface area contributed by atoms with Gasteiger partial charge in [-0.05, 0) is 12.8 Å². The molecule has 0 heterocycles. The van der Waals surface area contributed by atoms with Crippen LogP contribution in [-0.4, -0.2) is 123 Å². The number of amides is 1. The molecule has 226 valence electrons. The van der Waals surface area contributed by atoms with Crippen molar-refractivity contribution in [2.24, 2.45) is 17.3 Å². The van der Waals surface area contributed by atoms with Gasteiger partial charge in [0.1, 0.15) is 0 Å². The zero-order valence-electron chi connectivity index (χ0n) is 23.3. The summed E-state index contributed by atoms with van der Waals surface area (Å²) in [4.78, 5) is 10.5. The van der Waals surface area contributed by atoms with Gasteiger partial charge in [0.2, 0.25) is 5.91 Å². The van der Waals surface area contributed by atoms with E-state index in [1.165, 1.54) is 0 Å². The van der Waals surface area contributed by atoms with E-state index in [2.05, 4.69) is 6.92 Å². The Labute approximate surface area is 228 Å². The van der Waals surface area contributed by atoms with Crippen molar-refractivity contribution in [3.8, 4) is 0 Å². The van der Waals surface area contributed by atoms with Gasteiger partial charge in [-0.2, -0.15) is 0 Å². The average Bonchev–Trinajstić information content (AvgIpc) is 2.89. The van der Waals surface area contributed by atoms with E-state index in [1.807, 2.05) is 0 Å². The Hall–Kier alpha value is -1.55. The summed E-state index contributed by atoms with van der Waals surface area (Å²) in [7, 11) is 0. The fraction of sp³-hybridized carbons (Fsp3) is 0.880. The summed E-state index contributed by atoms with van der Waals surface area (Å²) in [6.45, 7) is 10.3. The van der Waals surface area contributed by atoms with Crippen LogP contribution in [0.1, 0.15) is 32.6 Å². The van der Waals surface area contributed by atoms with E-state index in [-0.39, 0.29) is 12.3 Å². The van der Waals surface area contributed by atoms with Crippen molar-refractivity contribution < 1.29 is 42.7 Å². The Balaban J connectivity index is 3.16. The summed E-state index contributed by atoms with van der Waals surface area (Å²) in [5, 5.41) is 1.56. The zero-order chi connectivity index (χ0) is 27.9. The fourth-order valence-electron chi connectivity index (χ4n) is 2.71. The largest absolute Gasteiger partial charge is 0.401 e. The number of nitrogens with zero attached hydrogens (tertiary/aromatic N) is 1. The quantitative estimate of drug-likeness (QED) is 0.0605. The maximum atomic E-state index is 10.5. The molecular formula is C25H52N4O9. The molecule has 13 nitrogen and oxygen atoms in total. The van der Waals surface area contributed by atoms with Crippen LogP contribution in [0.5, 0.6) is 0 Å². The molecule has 0 unspecified atom stereocenters. The Morgan fingerprint density at radius 2 is 0.921 bits per heavy atom. The van der Waals surface area contributed by atoms with Crippen LogP contribution in [0.2, 0.25) is 0 Å². The third-order valence-electron chi connectivity index (χ3n) is 4.74. The summed E-state index contributed by atoms with van der Waals surface area (Å²) in [6.07, 6.45) is 5.01. The molecule has 0 aromatic carbocycles. The molecule has 0 aliphatic heterocycles. The Morgan fingerprint density at radius 1 is 0.579 bits per heavy atom. The van der Waals surface area contributed by atoms with Crippen molar-refractivity contribution in [2.75, 3.05) is 112 Å². The lowest BCUT2D eigenvalue weighted by molar-refractivity contribution is -0.119. The van der Waals surface area contributed by atoms with Crippen LogP contribution in [0.3, 0.4) is 0 Å². The van der Waals surface area contributed by atoms with Gasteiger partial charge < -0.3 is 54.4 Å². The molecule has 13 heteroatoms. The number of allylic oxidation sites excluding steroid dienone is 1. The van der Waals surface area contributed by atoms with E-state index < -0.39 is 0 Å². The first-order valence-corrected chi connectivity index (χ1v) is 13.4. The molecule has 0 aromatic rings. The standard InChI is InChI=1S/C25H52N4O9/c1-2-3-4-24(26)23-29(28)6-8-32-10-12-34-14-16-36-18-20-38-22-21-37-19-17-35-15-13-33-11-9-31-7-5-25(27)30/h23H,2-22,26,28H2,1H3,(H2,27,30)/b24-23-. The second-order valence-electron chi connectivity index (χ2n) is 8.16. The zero-order valence-corrected chi connectivity index (χ0v) is 23.3. The minimum Gasteiger partial charge on any atom is -0.401 e. The molecule has 0 saturated heterocycles. The number of hydrazine groups is 1. The summed E-state index contributed by atoms with van der Waals surface area (Å²) < 4.78 is 43.2. The first-order chi connectivity index (χ1) is 18.6. The molecule has 0 rings (SSSR count). The van der Waals surface area contributed by atoms with Gasteiger partial charge in [0.15, 0.2) is 0 Å². The summed E-state index contributed by atoms with van der Waals surface area (Å²) in [6, 6.07) is 0. The molecule has 0 atom stereocenters. The van der Waals surface area contributed by atoms with Crippen LogP contribution in [-0.2, 0) is 42.7 Å². The predicted molar refractivity (Wildman–Crippen MR) is 143 cm³/mol. The van der Waals surface area contributed by atoms with E-state index in [0.717, 1.165) is 25.0 Å². The first kappa shape index (κ1) is 36.5. The van der Waals surface area contributed by atoms with Gasteiger partial charge in [0, 0.05) is 18.3 Å². The molecule has 1 amide bonds. The van der Waals surface area contributed by atoms with E-state index >= 15 is 0 Å². The number of carbonyl (C=O) groups is 1. The normalized spacial score (nSPS) is 11.8. The van der Waals surface area contributed by atoms with E-state index in [0.29, 0.717) is 112 Å². The topological polar surface area (TPSA) is 172 Å². The predicted octanol–water partition coefficient (Wildman–Crippen LogP) is 0.161. The van der Waals surface area contributed by atoms with Crippen LogP contribution in [0.4, 0.5) is 0 Å². The van der Waals surface area contributed by atoms with Crippen LogP contribution < -0.4 is 17.3 Å². The second-order valence-corrected chi connectivity index (χ2v) is 8.16. The Bertz CT molecular complexity index is 545. The van der Waals surface area contributed by atoms with E-state index in [4.69, 9.17) is 55.2 Å². The molecule has 0 radical (unpaired) electrons. The summed E-state index contributed by atoms with van der Waals surface area (Å²) >= 11 is 0. The van der Waals surface area contributed by atoms with Crippen LogP contribution >= 0.6 is 0 Å². The lowest BCUT2D eigenvalue weighted by Crippen LogP contribution is -2.30. The van der Waals surface area contributed by atoms with Gasteiger partial charge in [-0.15, -0.1) is 0 Å². The highest BCUT2D eigenvalue weighted by molar-refractivity contribution is 5.73. The third-order valence-corrected chi connectivity index (χ3v) is 4.74. The monoisotopic (exact) mass is 552 g/mol. The first-order valence-electron chi connectivity index (χ1n) is 13.4. The van der Waals surface area contributed by atoms with Gasteiger partial charge in [0.05, 0.1) is 112 Å². The minimum absolute atomic E-state index is 0.222. The van der Waals surface area contributed by atoms with Crippen LogP contribution in [0.15, 0.2) is 11.9 Å². The molecule has 0 aromatic heterocycles. The molecule has 0 aliphatic rings. The van der Waals surface area contributed by atoms with Crippen molar-refractivity contribution in [2.45, 2.75) is 32.6 Å². The fourth-order valence-corrected chi connectivity index (χ4v) is 2.71. The Kier molecular flexibility index (Phi) is 28.8. The van der Waals surface area contributed by atoms with Crippen molar-refractivity contribution in [1.82, 2.24) is 5.01 Å². The van der Waals surface area contributed by atoms with Gasteiger partial charge in [-0.25, -0.2) is 5.84 Å². The van der Waals surface area contributed by atoms with Gasteiger partial charge in [-0.1, -0.05) is 13.3 Å². The van der Waals surface area contributed by atoms with Crippen LogP contribution in [0, 0.1) is 0 Å². The molecule has 0 bridgehead atoms. The third kappa shape index (κ3) is 30.7. The molecule has 0 aliphatic carbocycles. The van der Waals surface area contributed by atoms with Crippen molar-refractivity contribution in [1.29, 1.82) is 0 Å². The summed E-state index contributed by atoms with van der Waals surface area (Å²) in [5.41, 5.74) is 11.7. The molecule has 6 N–H and O–H groups in total.